The highest BCUT2D eigenvalue weighted by Gasteiger charge is 2.08. The fourth-order valence-corrected chi connectivity index (χ4v) is 3.57. The highest BCUT2D eigenvalue weighted by Crippen LogP contribution is 2.16. The Hall–Kier alpha value is -3.20. The van der Waals surface area contributed by atoms with E-state index < -0.39 is 0 Å². The van der Waals surface area contributed by atoms with Crippen LogP contribution in [0.15, 0.2) is 103 Å². The molecule has 0 atom stereocenters. The van der Waals surface area contributed by atoms with Gasteiger partial charge in [-0.3, -0.25) is 0 Å². The van der Waals surface area contributed by atoms with E-state index >= 15 is 0 Å². The first-order valence-electron chi connectivity index (χ1n) is 11.5. The number of hydrogen-bond acceptors (Lipinski definition) is 3. The molecule has 0 amide bonds. The molecule has 0 heterocycles. The molecule has 0 saturated carbocycles. The zero-order valence-electron chi connectivity index (χ0n) is 18.3. The van der Waals surface area contributed by atoms with Crippen molar-refractivity contribution < 1.29 is 0 Å². The van der Waals surface area contributed by atoms with E-state index in [4.69, 9.17) is 0 Å². The second kappa shape index (κ2) is 13.9. The van der Waals surface area contributed by atoms with Crippen molar-refractivity contribution in [3.05, 3.63) is 103 Å². The van der Waals surface area contributed by atoms with Crippen molar-refractivity contribution in [2.24, 2.45) is 0 Å². The zero-order valence-corrected chi connectivity index (χ0v) is 18.3. The SMILES string of the molecule is C(=C\Nc1ccccc1)/CCCCCCCC(Nc1ccccc1)Nc1ccccc1. The molecular formula is C28H35N3. The smallest absolute Gasteiger partial charge is 0.0963 e. The average Bonchev–Trinajstić information content (AvgIpc) is 2.82. The van der Waals surface area contributed by atoms with Crippen LogP contribution >= 0.6 is 0 Å². The number of benzene rings is 3. The number of anilines is 3. The topological polar surface area (TPSA) is 36.1 Å². The summed E-state index contributed by atoms with van der Waals surface area (Å²) in [7, 11) is 0. The highest BCUT2D eigenvalue weighted by molar-refractivity contribution is 5.49. The van der Waals surface area contributed by atoms with Gasteiger partial charge in [0.1, 0.15) is 0 Å². The molecule has 3 N–H and O–H groups in total. The number of nitrogens with one attached hydrogen (secondary N) is 3. The first-order valence-corrected chi connectivity index (χ1v) is 11.5. The minimum atomic E-state index is 0.233. The molecule has 0 aromatic heterocycles. The van der Waals surface area contributed by atoms with E-state index in [1.807, 2.05) is 18.2 Å². The third-order valence-electron chi connectivity index (χ3n) is 5.23. The van der Waals surface area contributed by atoms with Crippen LogP contribution in [-0.2, 0) is 0 Å². The van der Waals surface area contributed by atoms with Crippen molar-refractivity contribution in [2.75, 3.05) is 16.0 Å². The third kappa shape index (κ3) is 9.43. The molecule has 0 aliphatic rings. The number of para-hydroxylation sites is 3. The second-order valence-corrected chi connectivity index (χ2v) is 7.83. The molecule has 0 radical (unpaired) electrons. The van der Waals surface area contributed by atoms with Crippen molar-refractivity contribution >= 4 is 17.1 Å². The Morgan fingerprint density at radius 1 is 0.548 bits per heavy atom. The van der Waals surface area contributed by atoms with E-state index in [1.165, 1.54) is 32.1 Å². The van der Waals surface area contributed by atoms with Crippen molar-refractivity contribution in [1.29, 1.82) is 0 Å². The predicted molar refractivity (Wildman–Crippen MR) is 135 cm³/mol. The summed E-state index contributed by atoms with van der Waals surface area (Å²) in [4.78, 5) is 0. The van der Waals surface area contributed by atoms with Gasteiger partial charge in [0.25, 0.3) is 0 Å². The molecule has 3 nitrogen and oxygen atoms in total. The van der Waals surface area contributed by atoms with Gasteiger partial charge in [0.15, 0.2) is 0 Å². The third-order valence-corrected chi connectivity index (χ3v) is 5.23. The Morgan fingerprint density at radius 2 is 1.03 bits per heavy atom. The van der Waals surface area contributed by atoms with Gasteiger partial charge in [0.2, 0.25) is 0 Å². The van der Waals surface area contributed by atoms with Gasteiger partial charge >= 0.3 is 0 Å². The van der Waals surface area contributed by atoms with E-state index in [0.717, 1.165) is 29.9 Å². The van der Waals surface area contributed by atoms with Gasteiger partial charge in [0.05, 0.1) is 6.17 Å². The molecule has 3 heteroatoms. The maximum Gasteiger partial charge on any atom is 0.0963 e. The van der Waals surface area contributed by atoms with E-state index in [0.29, 0.717) is 0 Å². The number of unbranched alkanes of at least 4 members (excludes halogenated alkanes) is 5. The zero-order chi connectivity index (χ0) is 21.4. The minimum absolute atomic E-state index is 0.233. The summed E-state index contributed by atoms with van der Waals surface area (Å²) in [6, 6.07) is 31.2. The Bertz CT molecular complexity index is 806. The molecule has 0 bridgehead atoms. The Kier molecular flexibility index (Phi) is 10.1. The second-order valence-electron chi connectivity index (χ2n) is 7.83. The van der Waals surface area contributed by atoms with E-state index in [-0.39, 0.29) is 6.17 Å². The molecule has 3 rings (SSSR count). The molecule has 0 saturated heterocycles. The Morgan fingerprint density at radius 3 is 1.61 bits per heavy atom. The molecular weight excluding hydrogens is 378 g/mol. The Labute approximate surface area is 187 Å². The molecule has 0 aliphatic heterocycles. The Balaban J connectivity index is 1.30. The first-order chi connectivity index (χ1) is 15.4. The molecule has 0 fully saturated rings. The maximum atomic E-state index is 3.64. The lowest BCUT2D eigenvalue weighted by Gasteiger charge is -2.22. The molecule has 3 aromatic carbocycles. The van der Waals surface area contributed by atoms with Gasteiger partial charge in [-0.05, 0) is 68.3 Å². The normalized spacial score (nSPS) is 11.0. The summed E-state index contributed by atoms with van der Waals surface area (Å²) in [6.07, 6.45) is 13.1. The van der Waals surface area contributed by atoms with E-state index in [9.17, 15) is 0 Å². The number of allylic oxidation sites excluding steroid dienone is 1. The summed E-state index contributed by atoms with van der Waals surface area (Å²) in [5.74, 6) is 0. The maximum absolute atomic E-state index is 3.64. The number of rotatable bonds is 14. The van der Waals surface area contributed by atoms with Crippen molar-refractivity contribution in [3.63, 3.8) is 0 Å². The van der Waals surface area contributed by atoms with E-state index in [2.05, 4.69) is 101 Å². The molecule has 0 aliphatic carbocycles. The lowest BCUT2D eigenvalue weighted by Crippen LogP contribution is -2.28. The molecule has 31 heavy (non-hydrogen) atoms. The minimum Gasteiger partial charge on any atom is -0.365 e. The first kappa shape index (κ1) is 22.5. The van der Waals surface area contributed by atoms with Crippen molar-refractivity contribution in [2.45, 2.75) is 51.1 Å². The summed E-state index contributed by atoms with van der Waals surface area (Å²) < 4.78 is 0. The van der Waals surface area contributed by atoms with Crippen LogP contribution in [0.3, 0.4) is 0 Å². The highest BCUT2D eigenvalue weighted by atomic mass is 15.1. The van der Waals surface area contributed by atoms with Crippen LogP contribution in [0.2, 0.25) is 0 Å². The summed E-state index contributed by atoms with van der Waals surface area (Å²) in [5.41, 5.74) is 3.46. The lowest BCUT2D eigenvalue weighted by atomic mass is 10.1. The summed E-state index contributed by atoms with van der Waals surface area (Å²) in [6.45, 7) is 0. The predicted octanol–water partition coefficient (Wildman–Crippen LogP) is 7.89. The fraction of sp³-hybridized carbons (Fsp3) is 0.286. The van der Waals surface area contributed by atoms with Gasteiger partial charge in [-0.15, -0.1) is 0 Å². The molecule has 0 spiro atoms. The van der Waals surface area contributed by atoms with E-state index in [1.54, 1.807) is 0 Å². The fourth-order valence-electron chi connectivity index (χ4n) is 3.57. The van der Waals surface area contributed by atoms with Crippen LogP contribution in [-0.4, -0.2) is 6.17 Å². The summed E-state index contributed by atoms with van der Waals surface area (Å²) >= 11 is 0. The van der Waals surface area contributed by atoms with Crippen molar-refractivity contribution in [1.82, 2.24) is 0 Å². The van der Waals surface area contributed by atoms with Crippen LogP contribution in [0.1, 0.15) is 44.9 Å². The van der Waals surface area contributed by atoms with Crippen molar-refractivity contribution in [3.8, 4) is 0 Å². The monoisotopic (exact) mass is 413 g/mol. The summed E-state index contributed by atoms with van der Waals surface area (Å²) in [5, 5.41) is 10.6. The van der Waals surface area contributed by atoms with Gasteiger partial charge in [0, 0.05) is 17.1 Å². The van der Waals surface area contributed by atoms with Crippen LogP contribution < -0.4 is 16.0 Å². The molecule has 3 aromatic rings. The van der Waals surface area contributed by atoms with Crippen LogP contribution in [0.5, 0.6) is 0 Å². The average molecular weight is 414 g/mol. The van der Waals surface area contributed by atoms with Gasteiger partial charge < -0.3 is 16.0 Å². The van der Waals surface area contributed by atoms with Gasteiger partial charge in [-0.1, -0.05) is 79.9 Å². The largest absolute Gasteiger partial charge is 0.365 e. The van der Waals surface area contributed by atoms with Crippen LogP contribution in [0.4, 0.5) is 17.1 Å². The van der Waals surface area contributed by atoms with Gasteiger partial charge in [-0.25, -0.2) is 0 Å². The quantitative estimate of drug-likeness (QED) is 0.186. The standard InChI is InChI=1S/C28H35N3/c1(3-5-16-24-29-25-17-9-6-10-18-25)2-4-15-23-28(30-26-19-11-7-12-20-26)31-27-21-13-8-14-22-27/h6-14,16-22,24,28-31H,1-5,15,23H2/b24-16+. The molecule has 162 valence electrons. The number of hydrogen-bond donors (Lipinski definition) is 3. The lowest BCUT2D eigenvalue weighted by molar-refractivity contribution is 0.576. The van der Waals surface area contributed by atoms with Crippen LogP contribution in [0.25, 0.3) is 0 Å². The molecule has 0 unspecified atom stereocenters. The van der Waals surface area contributed by atoms with Crippen LogP contribution in [0, 0.1) is 0 Å². The van der Waals surface area contributed by atoms with Gasteiger partial charge in [-0.2, -0.15) is 0 Å².